The lowest BCUT2D eigenvalue weighted by molar-refractivity contribution is 0.100. The second-order valence-electron chi connectivity index (χ2n) is 11.1. The molecule has 0 radical (unpaired) electrons. The molecule has 6 aromatic rings. The molecule has 7 rings (SSSR count). The van der Waals surface area contributed by atoms with Crippen LogP contribution < -0.4 is 5.73 Å². The molecule has 1 aliphatic carbocycles. The molecule has 0 bridgehead atoms. The summed E-state index contributed by atoms with van der Waals surface area (Å²) in [4.78, 5) is 17.2. The van der Waals surface area contributed by atoms with E-state index in [2.05, 4.69) is 109 Å². The fourth-order valence-electron chi connectivity index (χ4n) is 6.19. The van der Waals surface area contributed by atoms with Crippen LogP contribution in [0.4, 0.5) is 0 Å². The molecule has 5 aromatic carbocycles. The number of nitrogens with two attached hydrogens (primary N) is 1. The zero-order valence-corrected chi connectivity index (χ0v) is 23.8. The first-order valence-corrected chi connectivity index (χ1v) is 14.3. The Morgan fingerprint density at radius 3 is 2.02 bits per heavy atom. The molecule has 0 aliphatic heterocycles. The lowest BCUT2D eigenvalue weighted by Gasteiger charge is -2.16. The van der Waals surface area contributed by atoms with Crippen molar-refractivity contribution in [1.29, 1.82) is 0 Å². The number of primary amides is 1. The minimum atomic E-state index is -0.425. The fourth-order valence-corrected chi connectivity index (χ4v) is 6.19. The minimum absolute atomic E-state index is 0.425. The Morgan fingerprint density at radius 1 is 0.714 bits per heavy atom. The Hall–Kier alpha value is -5.22. The number of fused-ring (bicyclic) bond motifs is 3. The Labute approximate surface area is 246 Å². The summed E-state index contributed by atoms with van der Waals surface area (Å²) in [5.74, 6) is 0.489. The maximum absolute atomic E-state index is 11.8. The lowest BCUT2D eigenvalue weighted by atomic mass is 9.98. The molecule has 0 atom stereocenters. The summed E-state index contributed by atoms with van der Waals surface area (Å²) in [6, 6.07) is 40.0. The van der Waals surface area contributed by atoms with E-state index in [1.54, 1.807) is 12.1 Å². The Morgan fingerprint density at radius 2 is 1.33 bits per heavy atom. The highest BCUT2D eigenvalue weighted by Crippen LogP contribution is 2.42. The quantitative estimate of drug-likeness (QED) is 0.229. The van der Waals surface area contributed by atoms with Crippen molar-refractivity contribution >= 4 is 5.91 Å². The topological polar surface area (TPSA) is 60.9 Å². The van der Waals surface area contributed by atoms with E-state index in [1.807, 2.05) is 12.1 Å². The zero-order chi connectivity index (χ0) is 28.8. The molecular weight excluding hydrogens is 514 g/mol. The number of benzene rings is 5. The number of hydrogen-bond acceptors (Lipinski definition) is 2. The zero-order valence-electron chi connectivity index (χ0n) is 23.8. The molecule has 1 aromatic heterocycles. The number of carbonyl (C=O) groups is 1. The van der Waals surface area contributed by atoms with Crippen LogP contribution in [-0.2, 0) is 13.0 Å². The van der Waals surface area contributed by atoms with Crippen LogP contribution in [0.15, 0.2) is 115 Å². The van der Waals surface area contributed by atoms with Gasteiger partial charge in [-0.1, -0.05) is 97.1 Å². The summed E-state index contributed by atoms with van der Waals surface area (Å²) < 4.78 is 2.34. The third-order valence-electron chi connectivity index (χ3n) is 8.40. The van der Waals surface area contributed by atoms with Gasteiger partial charge in [0.05, 0.1) is 11.4 Å². The molecule has 204 valence electrons. The first-order chi connectivity index (χ1) is 20.5. The third kappa shape index (κ3) is 4.42. The van der Waals surface area contributed by atoms with E-state index in [-0.39, 0.29) is 0 Å². The van der Waals surface area contributed by atoms with Crippen molar-refractivity contribution in [2.75, 3.05) is 0 Å². The van der Waals surface area contributed by atoms with Crippen molar-refractivity contribution in [1.82, 2.24) is 9.55 Å². The van der Waals surface area contributed by atoms with Crippen molar-refractivity contribution < 1.29 is 4.79 Å². The van der Waals surface area contributed by atoms with Crippen LogP contribution in [-0.4, -0.2) is 15.5 Å². The van der Waals surface area contributed by atoms with Crippen LogP contribution in [0.1, 0.15) is 38.2 Å². The number of aromatic nitrogens is 2. The highest BCUT2D eigenvalue weighted by molar-refractivity contribution is 5.92. The normalized spacial score (nSPS) is 11.8. The second-order valence-corrected chi connectivity index (χ2v) is 11.1. The number of nitrogens with zero attached hydrogens (tertiary/aromatic N) is 2. The molecule has 2 N–H and O–H groups in total. The van der Waals surface area contributed by atoms with Crippen LogP contribution in [0.2, 0.25) is 0 Å². The molecule has 4 nitrogen and oxygen atoms in total. The lowest BCUT2D eigenvalue weighted by Crippen LogP contribution is -2.11. The van der Waals surface area contributed by atoms with Crippen LogP contribution in [0, 0.1) is 13.8 Å². The number of amides is 1. The molecule has 0 unspecified atom stereocenters. The molecule has 1 amide bonds. The molecule has 1 heterocycles. The Bertz CT molecular complexity index is 1980. The molecule has 42 heavy (non-hydrogen) atoms. The van der Waals surface area contributed by atoms with Gasteiger partial charge >= 0.3 is 0 Å². The van der Waals surface area contributed by atoms with Crippen LogP contribution in [0.5, 0.6) is 0 Å². The summed E-state index contributed by atoms with van der Waals surface area (Å²) in [6.45, 7) is 4.89. The smallest absolute Gasteiger partial charge is 0.248 e. The van der Waals surface area contributed by atoms with Gasteiger partial charge in [0.15, 0.2) is 0 Å². The van der Waals surface area contributed by atoms with E-state index < -0.39 is 5.91 Å². The SMILES string of the molecule is Cc1ccccc1-c1nc(-c2ccc3c(c2)-c2ccccc2C3)n(Cc2ccc(C(N)=O)cc2)c1-c1ccccc1C. The van der Waals surface area contributed by atoms with Gasteiger partial charge < -0.3 is 10.3 Å². The Balaban J connectivity index is 1.49. The van der Waals surface area contributed by atoms with Gasteiger partial charge in [0.25, 0.3) is 0 Å². The van der Waals surface area contributed by atoms with Gasteiger partial charge in [0, 0.05) is 28.8 Å². The van der Waals surface area contributed by atoms with E-state index in [1.165, 1.54) is 33.4 Å². The van der Waals surface area contributed by atoms with E-state index >= 15 is 0 Å². The molecule has 0 spiro atoms. The number of imidazole rings is 1. The first-order valence-electron chi connectivity index (χ1n) is 14.3. The number of hydrogen-bond donors (Lipinski definition) is 1. The van der Waals surface area contributed by atoms with Gasteiger partial charge in [-0.05, 0) is 77.4 Å². The number of carbonyl (C=O) groups excluding carboxylic acids is 1. The van der Waals surface area contributed by atoms with E-state index in [4.69, 9.17) is 10.7 Å². The molecule has 0 saturated heterocycles. The summed E-state index contributed by atoms with van der Waals surface area (Å²) >= 11 is 0. The van der Waals surface area contributed by atoms with Crippen molar-refractivity contribution in [2.24, 2.45) is 5.73 Å². The van der Waals surface area contributed by atoms with E-state index in [0.29, 0.717) is 12.1 Å². The molecule has 1 aliphatic rings. The van der Waals surface area contributed by atoms with Crippen molar-refractivity contribution in [2.45, 2.75) is 26.8 Å². The first kappa shape index (κ1) is 25.7. The maximum atomic E-state index is 11.8. The maximum Gasteiger partial charge on any atom is 0.248 e. The summed E-state index contributed by atoms with van der Waals surface area (Å²) in [5, 5.41) is 0. The summed E-state index contributed by atoms with van der Waals surface area (Å²) in [7, 11) is 0. The van der Waals surface area contributed by atoms with Crippen LogP contribution in [0.3, 0.4) is 0 Å². The molecular formula is C38H31N3O. The monoisotopic (exact) mass is 545 g/mol. The van der Waals surface area contributed by atoms with Gasteiger partial charge in [0.2, 0.25) is 5.91 Å². The number of rotatable bonds is 6. The highest BCUT2D eigenvalue weighted by atomic mass is 16.1. The standard InChI is InChI=1S/C38H31N3O/c1-24-9-3-6-12-31(24)35-36(32-13-7-4-10-25(32)2)41(23-26-15-17-27(18-16-26)37(39)42)38(40-35)30-20-19-29-21-28-11-5-8-14-33(28)34(29)22-30/h3-20,22H,21,23H2,1-2H3,(H2,39,42). The molecule has 0 fully saturated rings. The predicted octanol–water partition coefficient (Wildman–Crippen LogP) is 8.22. The highest BCUT2D eigenvalue weighted by Gasteiger charge is 2.25. The van der Waals surface area contributed by atoms with Gasteiger partial charge in [-0.15, -0.1) is 0 Å². The average molecular weight is 546 g/mol. The third-order valence-corrected chi connectivity index (χ3v) is 8.40. The molecule has 0 saturated carbocycles. The summed E-state index contributed by atoms with van der Waals surface area (Å²) in [5.41, 5.74) is 20.1. The fraction of sp³-hybridized carbons (Fsp3) is 0.105. The van der Waals surface area contributed by atoms with Crippen molar-refractivity contribution in [3.05, 3.63) is 149 Å². The largest absolute Gasteiger partial charge is 0.366 e. The van der Waals surface area contributed by atoms with Gasteiger partial charge in [-0.3, -0.25) is 4.79 Å². The van der Waals surface area contributed by atoms with E-state index in [9.17, 15) is 4.79 Å². The van der Waals surface area contributed by atoms with Crippen LogP contribution >= 0.6 is 0 Å². The summed E-state index contributed by atoms with van der Waals surface area (Å²) in [6.07, 6.45) is 0.954. The van der Waals surface area contributed by atoms with Crippen molar-refractivity contribution in [3.63, 3.8) is 0 Å². The predicted molar refractivity (Wildman–Crippen MR) is 170 cm³/mol. The molecule has 4 heteroatoms. The Kier molecular flexibility index (Phi) is 6.32. The average Bonchev–Trinajstić information content (AvgIpc) is 3.56. The number of aryl methyl sites for hydroxylation is 2. The van der Waals surface area contributed by atoms with Crippen molar-refractivity contribution in [3.8, 4) is 45.0 Å². The minimum Gasteiger partial charge on any atom is -0.366 e. The second kappa shape index (κ2) is 10.3. The van der Waals surface area contributed by atoms with Gasteiger partial charge in [-0.25, -0.2) is 4.98 Å². The van der Waals surface area contributed by atoms with Gasteiger partial charge in [-0.2, -0.15) is 0 Å². The van der Waals surface area contributed by atoms with Gasteiger partial charge in [0.1, 0.15) is 5.82 Å². The van der Waals surface area contributed by atoms with Crippen LogP contribution in [0.25, 0.3) is 45.0 Å². The van der Waals surface area contributed by atoms with E-state index in [0.717, 1.165) is 45.9 Å².